The normalized spacial score (nSPS) is 24.8. The van der Waals surface area contributed by atoms with E-state index in [1.54, 1.807) is 17.7 Å². The third kappa shape index (κ3) is 5.74. The Bertz CT molecular complexity index is 666. The van der Waals surface area contributed by atoms with Crippen LogP contribution >= 0.6 is 0 Å². The minimum Gasteiger partial charge on any atom is -0.465 e. The predicted molar refractivity (Wildman–Crippen MR) is 104 cm³/mol. The molecule has 2 heterocycles. The van der Waals surface area contributed by atoms with Gasteiger partial charge in [0.15, 0.2) is 6.23 Å². The van der Waals surface area contributed by atoms with E-state index in [-0.39, 0.29) is 17.7 Å². The maximum absolute atomic E-state index is 11.9. The molecule has 9 heteroatoms. The van der Waals surface area contributed by atoms with E-state index in [2.05, 4.69) is 4.98 Å². The van der Waals surface area contributed by atoms with E-state index in [4.69, 9.17) is 18.9 Å². The molecule has 1 aliphatic heterocycles. The van der Waals surface area contributed by atoms with Crippen LogP contribution in [0.25, 0.3) is 0 Å². The Morgan fingerprint density at radius 1 is 1.29 bits per heavy atom. The lowest BCUT2D eigenvalue weighted by molar-refractivity contribution is -0.0841. The number of aliphatic hydroxyl groups is 1. The monoisotopic (exact) mass is 399 g/mol. The summed E-state index contributed by atoms with van der Waals surface area (Å²) in [7, 11) is 3.97. The molecule has 4 atom stereocenters. The van der Waals surface area contributed by atoms with Crippen LogP contribution in [0.5, 0.6) is 6.01 Å². The summed E-state index contributed by atoms with van der Waals surface area (Å²) in [5.41, 5.74) is 0.115. The fourth-order valence-corrected chi connectivity index (χ4v) is 3.02. The van der Waals surface area contributed by atoms with Crippen LogP contribution in [0.1, 0.15) is 32.1 Å². The lowest BCUT2D eigenvalue weighted by Crippen LogP contribution is -2.36. The Morgan fingerprint density at radius 3 is 2.68 bits per heavy atom. The first-order chi connectivity index (χ1) is 13.4. The van der Waals surface area contributed by atoms with Crippen molar-refractivity contribution in [3.63, 3.8) is 0 Å². The van der Waals surface area contributed by atoms with Crippen LogP contribution in [0.2, 0.25) is 0 Å². The maximum Gasteiger partial charge on any atom is 0.301 e. The van der Waals surface area contributed by atoms with Crippen LogP contribution < -0.4 is 10.3 Å². The molecule has 0 spiro atoms. The zero-order chi connectivity index (χ0) is 20.7. The molecule has 1 unspecified atom stereocenters. The van der Waals surface area contributed by atoms with Crippen LogP contribution in [-0.4, -0.2) is 84.9 Å². The molecule has 9 nitrogen and oxygen atoms in total. The van der Waals surface area contributed by atoms with E-state index in [0.717, 1.165) is 6.54 Å². The van der Waals surface area contributed by atoms with Crippen molar-refractivity contribution >= 4 is 0 Å². The standard InChI is InChI=1S/C19H33N3O6/c1-6-14-15(23)16(27-11-10-25-9-8-21(4)5)18(28-14)22-12-13(3)17(24)20-19(22)26-7-2/h12,14-16,18,23H,6-11H2,1-5H3/t14-,15?,16+,18-/m1/s1. The highest BCUT2D eigenvalue weighted by Gasteiger charge is 2.45. The lowest BCUT2D eigenvalue weighted by atomic mass is 10.1. The van der Waals surface area contributed by atoms with Crippen molar-refractivity contribution in [1.29, 1.82) is 0 Å². The first kappa shape index (κ1) is 22.8. The van der Waals surface area contributed by atoms with Gasteiger partial charge in [-0.3, -0.25) is 9.36 Å². The number of aryl methyl sites for hydroxylation is 1. The Balaban J connectivity index is 2.12. The third-order valence-electron chi connectivity index (χ3n) is 4.57. The number of hydrogen-bond donors (Lipinski definition) is 1. The summed E-state index contributed by atoms with van der Waals surface area (Å²) in [6.07, 6.45) is -0.169. The summed E-state index contributed by atoms with van der Waals surface area (Å²) >= 11 is 0. The first-order valence-corrected chi connectivity index (χ1v) is 9.79. The van der Waals surface area contributed by atoms with E-state index in [1.165, 1.54) is 0 Å². The molecule has 160 valence electrons. The van der Waals surface area contributed by atoms with E-state index >= 15 is 0 Å². The largest absolute Gasteiger partial charge is 0.465 e. The molecule has 0 aromatic carbocycles. The summed E-state index contributed by atoms with van der Waals surface area (Å²) < 4.78 is 24.7. The van der Waals surface area contributed by atoms with Crippen molar-refractivity contribution in [2.75, 3.05) is 47.1 Å². The number of hydrogen-bond acceptors (Lipinski definition) is 8. The molecule has 0 radical (unpaired) electrons. The van der Waals surface area contributed by atoms with Crippen LogP contribution in [0, 0.1) is 6.92 Å². The van der Waals surface area contributed by atoms with Crippen molar-refractivity contribution < 1.29 is 24.1 Å². The zero-order valence-corrected chi connectivity index (χ0v) is 17.5. The highest BCUT2D eigenvalue weighted by Crippen LogP contribution is 2.35. The third-order valence-corrected chi connectivity index (χ3v) is 4.57. The Labute approximate surface area is 166 Å². The molecule has 0 aliphatic carbocycles. The van der Waals surface area contributed by atoms with Crippen LogP contribution in [0.15, 0.2) is 11.0 Å². The molecule has 1 aliphatic rings. The highest BCUT2D eigenvalue weighted by molar-refractivity contribution is 5.11. The zero-order valence-electron chi connectivity index (χ0n) is 17.5. The summed E-state index contributed by atoms with van der Waals surface area (Å²) in [4.78, 5) is 18.0. The van der Waals surface area contributed by atoms with E-state index in [9.17, 15) is 9.90 Å². The second-order valence-corrected chi connectivity index (χ2v) is 7.07. The smallest absolute Gasteiger partial charge is 0.301 e. The minimum atomic E-state index is -0.800. The summed E-state index contributed by atoms with van der Waals surface area (Å²) in [6.45, 7) is 7.97. The molecule has 1 fully saturated rings. The number of aliphatic hydroxyl groups excluding tert-OH is 1. The second kappa shape index (κ2) is 10.9. The number of rotatable bonds is 11. The Morgan fingerprint density at radius 2 is 2.04 bits per heavy atom. The first-order valence-electron chi connectivity index (χ1n) is 9.79. The molecule has 1 aromatic heterocycles. The average molecular weight is 399 g/mol. The van der Waals surface area contributed by atoms with Gasteiger partial charge in [0.25, 0.3) is 5.56 Å². The maximum atomic E-state index is 11.9. The molecule has 2 rings (SSSR count). The molecular formula is C19H33N3O6. The van der Waals surface area contributed by atoms with Gasteiger partial charge in [-0.25, -0.2) is 0 Å². The molecular weight excluding hydrogens is 366 g/mol. The number of likely N-dealkylation sites (N-methyl/N-ethyl adjacent to an activating group) is 1. The van der Waals surface area contributed by atoms with Crippen LogP contribution in [0.4, 0.5) is 0 Å². The fourth-order valence-electron chi connectivity index (χ4n) is 3.02. The number of ether oxygens (including phenoxy) is 4. The van der Waals surface area contributed by atoms with Crippen molar-refractivity contribution in [2.24, 2.45) is 0 Å². The Hall–Kier alpha value is -1.52. The average Bonchev–Trinajstić information content (AvgIpc) is 2.96. The number of nitrogens with zero attached hydrogens (tertiary/aromatic N) is 3. The van der Waals surface area contributed by atoms with Gasteiger partial charge in [0.2, 0.25) is 0 Å². The summed E-state index contributed by atoms with van der Waals surface area (Å²) in [5.74, 6) is 0. The second-order valence-electron chi connectivity index (χ2n) is 7.07. The van der Waals surface area contributed by atoms with Gasteiger partial charge in [0.1, 0.15) is 12.2 Å². The molecule has 0 bridgehead atoms. The van der Waals surface area contributed by atoms with Crippen molar-refractivity contribution in [2.45, 2.75) is 51.7 Å². The molecule has 1 saturated heterocycles. The van der Waals surface area contributed by atoms with Gasteiger partial charge in [-0.2, -0.15) is 4.98 Å². The Kier molecular flexibility index (Phi) is 8.84. The van der Waals surface area contributed by atoms with Crippen LogP contribution in [0.3, 0.4) is 0 Å². The van der Waals surface area contributed by atoms with E-state index in [1.807, 2.05) is 32.8 Å². The van der Waals surface area contributed by atoms with Crippen molar-refractivity contribution in [3.05, 3.63) is 22.1 Å². The molecule has 1 aromatic rings. The van der Waals surface area contributed by atoms with Gasteiger partial charge in [0.05, 0.1) is 32.5 Å². The summed E-state index contributed by atoms with van der Waals surface area (Å²) in [6, 6.07) is 0.155. The van der Waals surface area contributed by atoms with Gasteiger partial charge in [0, 0.05) is 18.3 Å². The predicted octanol–water partition coefficient (Wildman–Crippen LogP) is 0.582. The molecule has 0 amide bonds. The van der Waals surface area contributed by atoms with Crippen molar-refractivity contribution in [1.82, 2.24) is 14.5 Å². The van der Waals surface area contributed by atoms with Crippen molar-refractivity contribution in [3.8, 4) is 6.01 Å². The summed E-state index contributed by atoms with van der Waals surface area (Å²) in [5, 5.41) is 10.7. The minimum absolute atomic E-state index is 0.155. The molecule has 0 saturated carbocycles. The highest BCUT2D eigenvalue weighted by atomic mass is 16.6. The van der Waals surface area contributed by atoms with Gasteiger partial charge in [-0.1, -0.05) is 6.92 Å². The molecule has 1 N–H and O–H groups in total. The molecule has 28 heavy (non-hydrogen) atoms. The number of aromatic nitrogens is 2. The lowest BCUT2D eigenvalue weighted by Gasteiger charge is -2.25. The van der Waals surface area contributed by atoms with Gasteiger partial charge in [-0.05, 0) is 34.4 Å². The van der Waals surface area contributed by atoms with Gasteiger partial charge >= 0.3 is 6.01 Å². The van der Waals surface area contributed by atoms with Gasteiger partial charge in [-0.15, -0.1) is 0 Å². The topological polar surface area (TPSA) is 95.3 Å². The van der Waals surface area contributed by atoms with Gasteiger partial charge < -0.3 is 29.0 Å². The van der Waals surface area contributed by atoms with E-state index in [0.29, 0.717) is 38.4 Å². The van der Waals surface area contributed by atoms with E-state index < -0.39 is 18.4 Å². The fraction of sp³-hybridized carbons (Fsp3) is 0.789. The SMILES string of the molecule is CCOc1nc(=O)c(C)cn1[C@@H]1O[C@H](CC)C(O)[C@@H]1OCCOCCN(C)C. The quantitative estimate of drug-likeness (QED) is 0.540. The van der Waals surface area contributed by atoms with Crippen LogP contribution in [-0.2, 0) is 14.2 Å².